The van der Waals surface area contributed by atoms with Gasteiger partial charge in [0.05, 0.1) is 6.61 Å². The molecule has 1 saturated carbocycles. The summed E-state index contributed by atoms with van der Waals surface area (Å²) in [6.45, 7) is 3.91. The summed E-state index contributed by atoms with van der Waals surface area (Å²) in [5, 5.41) is 0. The van der Waals surface area contributed by atoms with Crippen molar-refractivity contribution in [1.82, 2.24) is 10.4 Å². The normalized spacial score (nSPS) is 22.9. The monoisotopic (exact) mass is 254 g/mol. The molecule has 1 heterocycles. The van der Waals surface area contributed by atoms with E-state index < -0.39 is 0 Å². The lowest BCUT2D eigenvalue weighted by Crippen LogP contribution is -2.36. The lowest BCUT2D eigenvalue weighted by molar-refractivity contribution is -0.139. The van der Waals surface area contributed by atoms with Gasteiger partial charge in [-0.15, -0.1) is 0 Å². The summed E-state index contributed by atoms with van der Waals surface area (Å²) < 4.78 is 0. The number of carbonyl (C=O) groups excluding carboxylic acids is 1. The van der Waals surface area contributed by atoms with Gasteiger partial charge in [-0.3, -0.25) is 9.63 Å². The third kappa shape index (κ3) is 4.58. The molecule has 1 aliphatic heterocycles. The minimum Gasteiger partial charge on any atom is -0.301 e. The Morgan fingerprint density at radius 1 is 1.06 bits per heavy atom. The van der Waals surface area contributed by atoms with Gasteiger partial charge in [-0.25, -0.2) is 5.48 Å². The van der Waals surface area contributed by atoms with Crippen molar-refractivity contribution in [3.8, 4) is 0 Å². The van der Waals surface area contributed by atoms with Crippen LogP contribution in [0.1, 0.15) is 51.4 Å². The van der Waals surface area contributed by atoms with Gasteiger partial charge in [0.15, 0.2) is 0 Å². The van der Waals surface area contributed by atoms with Gasteiger partial charge in [-0.2, -0.15) is 0 Å². The number of nitrogens with zero attached hydrogens (tertiary/aromatic N) is 1. The van der Waals surface area contributed by atoms with Crippen molar-refractivity contribution >= 4 is 5.91 Å². The predicted octanol–water partition coefficient (Wildman–Crippen LogP) is 2.10. The van der Waals surface area contributed by atoms with Crippen LogP contribution >= 0.6 is 0 Å². The molecule has 0 aromatic carbocycles. The van der Waals surface area contributed by atoms with Gasteiger partial charge < -0.3 is 4.90 Å². The molecule has 0 spiro atoms. The number of hydroxylamine groups is 1. The van der Waals surface area contributed by atoms with Crippen LogP contribution in [-0.2, 0) is 9.63 Å². The molecule has 0 aromatic heterocycles. The van der Waals surface area contributed by atoms with Crippen LogP contribution in [0.2, 0.25) is 0 Å². The van der Waals surface area contributed by atoms with Crippen LogP contribution in [0.5, 0.6) is 0 Å². The minimum atomic E-state index is 0.0911. The maximum atomic E-state index is 11.8. The number of nitrogens with one attached hydrogen (secondary N) is 1. The van der Waals surface area contributed by atoms with Crippen molar-refractivity contribution < 1.29 is 9.63 Å². The Morgan fingerprint density at radius 3 is 2.44 bits per heavy atom. The molecule has 4 nitrogen and oxygen atoms in total. The topological polar surface area (TPSA) is 41.6 Å². The molecule has 0 atom stereocenters. The molecular formula is C14H26N2O2. The highest BCUT2D eigenvalue weighted by Gasteiger charge is 2.21. The molecule has 1 amide bonds. The van der Waals surface area contributed by atoms with Crippen LogP contribution in [0.15, 0.2) is 0 Å². The minimum absolute atomic E-state index is 0.0911. The first-order valence-corrected chi connectivity index (χ1v) is 7.50. The zero-order chi connectivity index (χ0) is 12.6. The average molecular weight is 254 g/mol. The van der Waals surface area contributed by atoms with Crippen molar-refractivity contribution in [2.75, 3.05) is 26.2 Å². The lowest BCUT2D eigenvalue weighted by atomic mass is 9.89. The maximum absolute atomic E-state index is 11.8. The Morgan fingerprint density at radius 2 is 1.72 bits per heavy atom. The second-order valence-corrected chi connectivity index (χ2v) is 5.55. The number of likely N-dealkylation sites (tertiary alicyclic amines) is 1. The third-order valence-corrected chi connectivity index (χ3v) is 4.11. The molecule has 0 unspecified atom stereocenters. The van der Waals surface area contributed by atoms with Crippen molar-refractivity contribution in [2.24, 2.45) is 5.92 Å². The fraction of sp³-hybridized carbons (Fsp3) is 0.929. The molecule has 4 heteroatoms. The molecule has 0 bridgehead atoms. The van der Waals surface area contributed by atoms with E-state index in [0.717, 1.165) is 19.4 Å². The number of hydrogen-bond donors (Lipinski definition) is 1. The Balaban J connectivity index is 1.52. The zero-order valence-electron chi connectivity index (χ0n) is 11.3. The van der Waals surface area contributed by atoms with E-state index in [1.165, 1.54) is 51.6 Å². The number of rotatable bonds is 5. The van der Waals surface area contributed by atoms with Gasteiger partial charge in [0.25, 0.3) is 0 Å². The highest BCUT2D eigenvalue weighted by molar-refractivity contribution is 5.77. The highest BCUT2D eigenvalue weighted by Crippen LogP contribution is 2.23. The van der Waals surface area contributed by atoms with E-state index in [2.05, 4.69) is 10.4 Å². The molecule has 1 saturated heterocycles. The van der Waals surface area contributed by atoms with Gasteiger partial charge in [0.2, 0.25) is 5.91 Å². The Labute approximate surface area is 110 Å². The van der Waals surface area contributed by atoms with Crippen molar-refractivity contribution in [2.45, 2.75) is 51.4 Å². The molecule has 1 aliphatic carbocycles. The second-order valence-electron chi connectivity index (χ2n) is 5.55. The predicted molar refractivity (Wildman–Crippen MR) is 71.0 cm³/mol. The molecule has 2 rings (SSSR count). The first-order valence-electron chi connectivity index (χ1n) is 7.50. The molecule has 104 valence electrons. The van der Waals surface area contributed by atoms with Crippen molar-refractivity contribution in [3.63, 3.8) is 0 Å². The summed E-state index contributed by atoms with van der Waals surface area (Å²) in [7, 11) is 0. The summed E-state index contributed by atoms with van der Waals surface area (Å²) in [5.41, 5.74) is 2.63. The van der Waals surface area contributed by atoms with Crippen LogP contribution in [0, 0.1) is 5.92 Å². The summed E-state index contributed by atoms with van der Waals surface area (Å²) in [6, 6.07) is 0. The number of piperidine rings is 1. The molecule has 0 radical (unpaired) electrons. The van der Waals surface area contributed by atoms with Gasteiger partial charge >= 0.3 is 0 Å². The first kappa shape index (κ1) is 13.8. The molecule has 1 N–H and O–H groups in total. The van der Waals surface area contributed by atoms with Crippen molar-refractivity contribution in [3.05, 3.63) is 0 Å². The third-order valence-electron chi connectivity index (χ3n) is 4.11. The van der Waals surface area contributed by atoms with Crippen LogP contribution in [0.25, 0.3) is 0 Å². The standard InChI is InChI=1S/C14H26N2O2/c17-14(13-7-3-1-4-8-13)15-18-12-11-16-9-5-2-6-10-16/h13H,1-12H2,(H,15,17). The molecule has 0 aromatic rings. The fourth-order valence-corrected chi connectivity index (χ4v) is 2.93. The molecule has 18 heavy (non-hydrogen) atoms. The van der Waals surface area contributed by atoms with Crippen LogP contribution in [-0.4, -0.2) is 37.0 Å². The Bertz CT molecular complexity index is 246. The Kier molecular flexibility index (Phi) is 5.94. The maximum Gasteiger partial charge on any atom is 0.246 e. The fourth-order valence-electron chi connectivity index (χ4n) is 2.93. The van der Waals surface area contributed by atoms with Crippen LogP contribution in [0.4, 0.5) is 0 Å². The smallest absolute Gasteiger partial charge is 0.246 e. The van der Waals surface area contributed by atoms with Crippen LogP contribution < -0.4 is 5.48 Å². The largest absolute Gasteiger partial charge is 0.301 e. The van der Waals surface area contributed by atoms with Gasteiger partial charge in [-0.05, 0) is 38.8 Å². The van der Waals surface area contributed by atoms with Gasteiger partial charge in [0.1, 0.15) is 0 Å². The van der Waals surface area contributed by atoms with Crippen molar-refractivity contribution in [1.29, 1.82) is 0 Å². The van der Waals surface area contributed by atoms with E-state index in [1.807, 2.05) is 0 Å². The van der Waals surface area contributed by atoms with Crippen LogP contribution in [0.3, 0.4) is 0 Å². The van der Waals surface area contributed by atoms with Gasteiger partial charge in [0, 0.05) is 12.5 Å². The van der Waals surface area contributed by atoms with E-state index in [1.54, 1.807) is 0 Å². The highest BCUT2D eigenvalue weighted by atomic mass is 16.7. The number of hydrogen-bond acceptors (Lipinski definition) is 3. The van der Waals surface area contributed by atoms with E-state index in [9.17, 15) is 4.79 Å². The number of carbonyl (C=O) groups is 1. The SMILES string of the molecule is O=C(NOCCN1CCCCC1)C1CCCCC1. The van der Waals surface area contributed by atoms with E-state index >= 15 is 0 Å². The summed E-state index contributed by atoms with van der Waals surface area (Å²) >= 11 is 0. The summed E-state index contributed by atoms with van der Waals surface area (Å²) in [4.78, 5) is 19.5. The van der Waals surface area contributed by atoms with E-state index in [0.29, 0.717) is 6.61 Å². The van der Waals surface area contributed by atoms with Gasteiger partial charge in [-0.1, -0.05) is 25.7 Å². The zero-order valence-corrected chi connectivity index (χ0v) is 11.3. The summed E-state index contributed by atoms with van der Waals surface area (Å²) in [5.74, 6) is 0.280. The molecule has 2 aliphatic rings. The molecule has 2 fully saturated rings. The number of amides is 1. The average Bonchev–Trinajstić information content (AvgIpc) is 2.45. The molecular weight excluding hydrogens is 228 g/mol. The van der Waals surface area contributed by atoms with E-state index in [-0.39, 0.29) is 11.8 Å². The van der Waals surface area contributed by atoms with E-state index in [4.69, 9.17) is 4.84 Å². The second kappa shape index (κ2) is 7.74. The quantitative estimate of drug-likeness (QED) is 0.603. The Hall–Kier alpha value is -0.610. The first-order chi connectivity index (χ1) is 8.86. The lowest BCUT2D eigenvalue weighted by Gasteiger charge is -2.26. The summed E-state index contributed by atoms with van der Waals surface area (Å²) in [6.07, 6.45) is 9.67.